The van der Waals surface area contributed by atoms with E-state index in [2.05, 4.69) is 37.2 Å². The van der Waals surface area contributed by atoms with Crippen LogP contribution in [0.25, 0.3) is 33.3 Å². The Bertz CT molecular complexity index is 2110. The second-order valence-corrected chi connectivity index (χ2v) is 15.6. The summed E-state index contributed by atoms with van der Waals surface area (Å²) in [5, 5.41) is 9.32. The molecular weight excluding hydrogens is 710 g/mol. The number of hydrogen-bond acceptors (Lipinski definition) is 9. The van der Waals surface area contributed by atoms with E-state index >= 15 is 0 Å². The van der Waals surface area contributed by atoms with Crippen molar-refractivity contribution in [2.24, 2.45) is 11.8 Å². The number of thiol groups is 1. The van der Waals surface area contributed by atoms with Gasteiger partial charge in [0.1, 0.15) is 17.2 Å². The molecule has 0 amide bonds. The lowest BCUT2D eigenvalue weighted by atomic mass is 9.97. The average Bonchev–Trinajstić information content (AvgIpc) is 3.79. The molecule has 0 bridgehead atoms. The number of likely N-dealkylation sites (tertiary alicyclic amines) is 1. The van der Waals surface area contributed by atoms with Crippen LogP contribution in [0.2, 0.25) is 0 Å². The van der Waals surface area contributed by atoms with Gasteiger partial charge in [0, 0.05) is 55.7 Å². The Labute approximate surface area is 316 Å². The van der Waals surface area contributed by atoms with E-state index in [9.17, 15) is 17.6 Å². The number of ether oxygens (including phenoxy) is 2. The first-order chi connectivity index (χ1) is 26.2. The molecule has 0 spiro atoms. The minimum absolute atomic E-state index is 0.165. The van der Waals surface area contributed by atoms with Crippen molar-refractivity contribution in [2.75, 3.05) is 63.4 Å². The number of aromatic nitrogens is 4. The van der Waals surface area contributed by atoms with Gasteiger partial charge in [0.2, 0.25) is 10.9 Å². The maximum atomic E-state index is 14.3. The molecule has 54 heavy (non-hydrogen) atoms. The monoisotopic (exact) mass is 757 g/mol. The van der Waals surface area contributed by atoms with Gasteiger partial charge in [0.05, 0.1) is 31.7 Å². The van der Waals surface area contributed by atoms with Crippen molar-refractivity contribution in [1.82, 2.24) is 29.8 Å². The summed E-state index contributed by atoms with van der Waals surface area (Å²) in [6, 6.07) is 20.6. The molecule has 1 N–H and O–H groups in total. The Balaban J connectivity index is 0.985. The molecular formula is C40H48FN7O5S. The molecule has 2 aliphatic heterocycles. The van der Waals surface area contributed by atoms with Crippen LogP contribution in [0.3, 0.4) is 0 Å². The summed E-state index contributed by atoms with van der Waals surface area (Å²) >= 11 is 0. The number of benzene rings is 3. The minimum atomic E-state index is -2.84. The summed E-state index contributed by atoms with van der Waals surface area (Å²) in [4.78, 5) is 20.8. The van der Waals surface area contributed by atoms with Crippen LogP contribution >= 0.6 is 0 Å². The van der Waals surface area contributed by atoms with Crippen LogP contribution < -0.4 is 4.31 Å². The molecule has 286 valence electrons. The molecule has 0 radical (unpaired) electrons. The second kappa shape index (κ2) is 17.2. The second-order valence-electron chi connectivity index (χ2n) is 14.6. The van der Waals surface area contributed by atoms with Crippen LogP contribution in [0.5, 0.6) is 0 Å². The van der Waals surface area contributed by atoms with Gasteiger partial charge in [-0.1, -0.05) is 55.5 Å². The summed E-state index contributed by atoms with van der Waals surface area (Å²) in [7, 11) is -2.84. The summed E-state index contributed by atoms with van der Waals surface area (Å²) in [5.41, 5.74) is 5.78. The van der Waals surface area contributed by atoms with Gasteiger partial charge >= 0.3 is 5.97 Å². The standard InChI is InChI=1S/C40H48FN7O5S/c1-28(2)27-53-40(49)39-38(35-23-32(41)8-11-36(35)42-39)37-26-47(44-43-37)24-29-12-14-45(15-13-29)16-17-48(54(50)51)33-9-10-34(30-6-4-3-5-7-30)31(22-33)25-46-18-20-52-21-19-46/h3-11,22-23,26,28-29,42,54H,12-21,24-25,27H2,1-2H3. The number of esters is 1. The molecule has 14 heteroatoms. The quantitative estimate of drug-likeness (QED) is 0.110. The zero-order chi connectivity index (χ0) is 37.6. The first-order valence-corrected chi connectivity index (χ1v) is 19.9. The number of piperidine rings is 1. The summed E-state index contributed by atoms with van der Waals surface area (Å²) in [5.74, 6) is -0.427. The highest BCUT2D eigenvalue weighted by atomic mass is 32.2. The van der Waals surface area contributed by atoms with Gasteiger partial charge < -0.3 is 19.4 Å². The zero-order valence-electron chi connectivity index (χ0n) is 30.8. The van der Waals surface area contributed by atoms with Crippen molar-refractivity contribution in [3.8, 4) is 22.4 Å². The SMILES string of the molecule is CC(C)COC(=O)c1[nH]c2ccc(F)cc2c1-c1cn(CC2CCN(CCN(c3ccc(-c4ccccc4)c(CN4CCOCC4)c3)[SH](=O)=O)CC2)nn1. The fourth-order valence-electron chi connectivity index (χ4n) is 7.37. The third-order valence-electron chi connectivity index (χ3n) is 10.3. The van der Waals surface area contributed by atoms with Crippen molar-refractivity contribution >= 4 is 33.4 Å². The molecule has 0 saturated carbocycles. The third-order valence-corrected chi connectivity index (χ3v) is 11.1. The molecule has 12 nitrogen and oxygen atoms in total. The number of nitrogens with zero attached hydrogens (tertiary/aromatic N) is 6. The van der Waals surface area contributed by atoms with Gasteiger partial charge in [-0.3, -0.25) is 13.9 Å². The number of hydrogen-bond donors (Lipinski definition) is 2. The summed E-state index contributed by atoms with van der Waals surface area (Å²) in [6.45, 7) is 11.3. The molecule has 2 fully saturated rings. The number of halogens is 1. The van der Waals surface area contributed by atoms with Gasteiger partial charge in [0.25, 0.3) is 0 Å². The van der Waals surface area contributed by atoms with Gasteiger partial charge in [-0.15, -0.1) is 5.10 Å². The number of aromatic amines is 1. The topological polar surface area (TPSA) is 126 Å². The molecule has 2 aromatic heterocycles. The normalized spacial score (nSPS) is 16.1. The Morgan fingerprint density at radius 1 is 1.02 bits per heavy atom. The number of rotatable bonds is 14. The van der Waals surface area contributed by atoms with Crippen LogP contribution in [0.1, 0.15) is 42.7 Å². The fourth-order valence-corrected chi connectivity index (χ4v) is 7.94. The molecule has 4 heterocycles. The number of anilines is 1. The van der Waals surface area contributed by atoms with Crippen molar-refractivity contribution < 1.29 is 27.1 Å². The first-order valence-electron chi connectivity index (χ1n) is 18.7. The molecule has 7 rings (SSSR count). The Hall–Kier alpha value is -4.63. The van der Waals surface area contributed by atoms with Crippen LogP contribution in [0.15, 0.2) is 72.9 Å². The van der Waals surface area contributed by atoms with Crippen molar-refractivity contribution in [3.63, 3.8) is 0 Å². The van der Waals surface area contributed by atoms with Crippen LogP contribution in [-0.2, 0) is 33.5 Å². The fraction of sp³-hybridized carbons (Fsp3) is 0.425. The maximum Gasteiger partial charge on any atom is 0.355 e. The van der Waals surface area contributed by atoms with Crippen molar-refractivity contribution in [3.05, 3.63) is 90.0 Å². The highest BCUT2D eigenvalue weighted by Crippen LogP contribution is 2.33. The predicted octanol–water partition coefficient (Wildman–Crippen LogP) is 5.62. The summed E-state index contributed by atoms with van der Waals surface area (Å²) < 4.78 is 53.9. The highest BCUT2D eigenvalue weighted by Gasteiger charge is 2.26. The Morgan fingerprint density at radius 2 is 1.80 bits per heavy atom. The number of carbonyl (C=O) groups excluding carboxylic acids is 1. The van der Waals surface area contributed by atoms with Gasteiger partial charge in [-0.05, 0) is 84.8 Å². The van der Waals surface area contributed by atoms with E-state index in [0.29, 0.717) is 66.6 Å². The van der Waals surface area contributed by atoms with E-state index in [1.54, 1.807) is 16.9 Å². The van der Waals surface area contributed by atoms with Gasteiger partial charge in [0.15, 0.2) is 0 Å². The van der Waals surface area contributed by atoms with E-state index in [4.69, 9.17) is 9.47 Å². The predicted molar refractivity (Wildman–Crippen MR) is 207 cm³/mol. The smallest absolute Gasteiger partial charge is 0.355 e. The maximum absolute atomic E-state index is 14.3. The van der Waals surface area contributed by atoms with E-state index in [1.807, 2.05) is 50.2 Å². The lowest BCUT2D eigenvalue weighted by Gasteiger charge is -2.33. The number of nitrogens with one attached hydrogen (secondary N) is 1. The van der Waals surface area contributed by atoms with E-state index in [0.717, 1.165) is 62.3 Å². The minimum Gasteiger partial charge on any atom is -0.461 e. The first kappa shape index (κ1) is 37.7. The third kappa shape index (κ3) is 9.00. The average molecular weight is 758 g/mol. The van der Waals surface area contributed by atoms with Crippen molar-refractivity contribution in [2.45, 2.75) is 39.8 Å². The highest BCUT2D eigenvalue weighted by molar-refractivity contribution is 7.74. The number of H-pyrrole nitrogens is 1. The lowest BCUT2D eigenvalue weighted by Crippen LogP contribution is -2.40. The van der Waals surface area contributed by atoms with E-state index in [1.165, 1.54) is 16.4 Å². The molecule has 5 aromatic rings. The number of carbonyl (C=O) groups is 1. The van der Waals surface area contributed by atoms with Crippen molar-refractivity contribution in [1.29, 1.82) is 0 Å². The molecule has 3 aromatic carbocycles. The van der Waals surface area contributed by atoms with Crippen LogP contribution in [-0.4, -0.2) is 103 Å². The van der Waals surface area contributed by atoms with Crippen LogP contribution in [0, 0.1) is 17.7 Å². The molecule has 0 atom stereocenters. The lowest BCUT2D eigenvalue weighted by molar-refractivity contribution is 0.0342. The zero-order valence-corrected chi connectivity index (χ0v) is 31.7. The molecule has 0 unspecified atom stereocenters. The Kier molecular flexibility index (Phi) is 12.0. The molecule has 2 saturated heterocycles. The van der Waals surface area contributed by atoms with Gasteiger partial charge in [-0.2, -0.15) is 0 Å². The Morgan fingerprint density at radius 3 is 2.54 bits per heavy atom. The van der Waals surface area contributed by atoms with E-state index < -0.39 is 22.7 Å². The number of morpholine rings is 1. The largest absolute Gasteiger partial charge is 0.461 e. The van der Waals surface area contributed by atoms with Crippen LogP contribution in [0.4, 0.5) is 10.1 Å². The number of fused-ring (bicyclic) bond motifs is 1. The molecule has 2 aliphatic rings. The summed E-state index contributed by atoms with van der Waals surface area (Å²) in [6.07, 6.45) is 3.64. The van der Waals surface area contributed by atoms with E-state index in [-0.39, 0.29) is 18.2 Å². The molecule has 0 aliphatic carbocycles. The van der Waals surface area contributed by atoms with Gasteiger partial charge in [-0.25, -0.2) is 17.6 Å².